The van der Waals surface area contributed by atoms with Crippen LogP contribution in [0.2, 0.25) is 5.02 Å². The smallest absolute Gasteiger partial charge is 0.344 e. The van der Waals surface area contributed by atoms with Gasteiger partial charge in [0.15, 0.2) is 6.10 Å². The normalized spacial score (nSPS) is 12.7. The summed E-state index contributed by atoms with van der Waals surface area (Å²) in [4.78, 5) is 31.0. The fourth-order valence-electron chi connectivity index (χ4n) is 2.32. The molecule has 0 aliphatic carbocycles. The van der Waals surface area contributed by atoms with Crippen molar-refractivity contribution in [3.05, 3.63) is 35.5 Å². The number of hydrogen-bond donors (Lipinski definition) is 1. The number of hydrogen-bond acceptors (Lipinski definition) is 6. The molecule has 7 nitrogen and oxygen atoms in total. The molecule has 138 valence electrons. The van der Waals surface area contributed by atoms with Crippen LogP contribution in [0.1, 0.15) is 33.1 Å². The molecule has 2 aromatic rings. The van der Waals surface area contributed by atoms with Crippen molar-refractivity contribution in [2.45, 2.75) is 39.2 Å². The zero-order valence-corrected chi connectivity index (χ0v) is 15.2. The summed E-state index contributed by atoms with van der Waals surface area (Å²) >= 11 is 6.14. The number of oxime groups is 1. The van der Waals surface area contributed by atoms with Gasteiger partial charge in [0, 0.05) is 18.5 Å². The van der Waals surface area contributed by atoms with E-state index in [1.54, 1.807) is 37.4 Å². The molecule has 0 saturated carbocycles. The van der Waals surface area contributed by atoms with Gasteiger partial charge in [0.05, 0.1) is 10.7 Å². The number of nitrogens with zero attached hydrogens (tertiary/aromatic N) is 2. The summed E-state index contributed by atoms with van der Waals surface area (Å²) in [6.45, 7) is 2.96. The van der Waals surface area contributed by atoms with Crippen molar-refractivity contribution in [2.24, 2.45) is 5.16 Å². The van der Waals surface area contributed by atoms with Crippen molar-refractivity contribution in [1.29, 1.82) is 0 Å². The van der Waals surface area contributed by atoms with E-state index in [0.29, 0.717) is 40.2 Å². The van der Waals surface area contributed by atoms with Crippen LogP contribution in [-0.4, -0.2) is 33.8 Å². The minimum atomic E-state index is -1.07. The molecule has 1 heterocycles. The minimum absolute atomic E-state index is 0.263. The Kier molecular flexibility index (Phi) is 6.91. The number of carbonyl (C=O) groups is 2. The molecule has 2 rings (SSSR count). The summed E-state index contributed by atoms with van der Waals surface area (Å²) in [7, 11) is 0. The van der Waals surface area contributed by atoms with Gasteiger partial charge < -0.3 is 14.7 Å². The van der Waals surface area contributed by atoms with Gasteiger partial charge in [0.25, 0.3) is 0 Å². The zero-order chi connectivity index (χ0) is 19.1. The third-order valence-electron chi connectivity index (χ3n) is 3.56. The quantitative estimate of drug-likeness (QED) is 0.426. The Morgan fingerprint density at radius 3 is 2.77 bits per heavy atom. The van der Waals surface area contributed by atoms with E-state index >= 15 is 0 Å². The standard InChI is InChI=1S/C18H19ClN2O5/c1-11(21-26-12(2)22)5-3-7-16(18(23)24)25-15-9-8-14(19)13-6-4-10-20-17(13)15/h4,6,8-10,16H,3,5,7H2,1-2H3,(H,23,24). The molecule has 0 radical (unpaired) electrons. The molecular weight excluding hydrogens is 360 g/mol. The first-order chi connectivity index (χ1) is 12.4. The molecule has 0 spiro atoms. The van der Waals surface area contributed by atoms with Crippen molar-refractivity contribution in [2.75, 3.05) is 0 Å². The summed E-state index contributed by atoms with van der Waals surface area (Å²) in [6.07, 6.45) is 1.81. The Bertz CT molecular complexity index is 837. The third kappa shape index (κ3) is 5.42. The predicted molar refractivity (Wildman–Crippen MR) is 97.5 cm³/mol. The lowest BCUT2D eigenvalue weighted by molar-refractivity contribution is -0.145. The fourth-order valence-corrected chi connectivity index (χ4v) is 2.54. The molecule has 0 bridgehead atoms. The molecule has 0 aliphatic rings. The Morgan fingerprint density at radius 1 is 1.31 bits per heavy atom. The number of carboxylic acids is 1. The van der Waals surface area contributed by atoms with Crippen LogP contribution in [0, 0.1) is 0 Å². The van der Waals surface area contributed by atoms with Gasteiger partial charge in [0.1, 0.15) is 11.3 Å². The molecule has 0 saturated heterocycles. The highest BCUT2D eigenvalue weighted by Gasteiger charge is 2.21. The molecule has 1 atom stereocenters. The first kappa shape index (κ1) is 19.7. The number of aromatic nitrogens is 1. The van der Waals surface area contributed by atoms with Crippen LogP contribution in [-0.2, 0) is 14.4 Å². The molecule has 8 heteroatoms. The first-order valence-corrected chi connectivity index (χ1v) is 8.40. The average molecular weight is 379 g/mol. The lowest BCUT2D eigenvalue weighted by atomic mass is 10.1. The van der Waals surface area contributed by atoms with E-state index in [2.05, 4.69) is 15.0 Å². The van der Waals surface area contributed by atoms with Crippen LogP contribution in [0.3, 0.4) is 0 Å². The number of fused-ring (bicyclic) bond motifs is 1. The highest BCUT2D eigenvalue weighted by Crippen LogP contribution is 2.30. The number of pyridine rings is 1. The van der Waals surface area contributed by atoms with Crippen LogP contribution < -0.4 is 4.74 Å². The number of aliphatic carboxylic acids is 1. The SMILES string of the molecule is CC(=O)ON=C(C)CCCC(Oc1ccc(Cl)c2cccnc12)C(=O)O. The van der Waals surface area contributed by atoms with Crippen molar-refractivity contribution < 1.29 is 24.3 Å². The number of ether oxygens (including phenoxy) is 1. The van der Waals surface area contributed by atoms with E-state index in [9.17, 15) is 14.7 Å². The second-order valence-electron chi connectivity index (χ2n) is 5.69. The number of benzene rings is 1. The highest BCUT2D eigenvalue weighted by molar-refractivity contribution is 6.35. The van der Waals surface area contributed by atoms with E-state index in [0.717, 1.165) is 0 Å². The maximum Gasteiger partial charge on any atom is 0.344 e. The van der Waals surface area contributed by atoms with Gasteiger partial charge in [-0.3, -0.25) is 4.98 Å². The molecule has 1 N–H and O–H groups in total. The number of carboxylic acid groups (broad SMARTS) is 1. The Hall–Kier alpha value is -2.67. The van der Waals surface area contributed by atoms with Crippen molar-refractivity contribution in [3.63, 3.8) is 0 Å². The second-order valence-corrected chi connectivity index (χ2v) is 6.10. The Morgan fingerprint density at radius 2 is 2.08 bits per heavy atom. The lowest BCUT2D eigenvalue weighted by Crippen LogP contribution is -2.27. The van der Waals surface area contributed by atoms with E-state index in [1.165, 1.54) is 6.92 Å². The van der Waals surface area contributed by atoms with Crippen LogP contribution in [0.5, 0.6) is 5.75 Å². The number of rotatable bonds is 8. The van der Waals surface area contributed by atoms with E-state index in [4.69, 9.17) is 16.3 Å². The van der Waals surface area contributed by atoms with Gasteiger partial charge in [0.2, 0.25) is 0 Å². The molecule has 0 fully saturated rings. The van der Waals surface area contributed by atoms with Crippen molar-refractivity contribution in [1.82, 2.24) is 4.98 Å². The second kappa shape index (κ2) is 9.15. The molecule has 0 amide bonds. The Balaban J connectivity index is 2.05. The van der Waals surface area contributed by atoms with Gasteiger partial charge in [-0.05, 0) is 50.5 Å². The van der Waals surface area contributed by atoms with E-state index < -0.39 is 18.0 Å². The maximum absolute atomic E-state index is 11.5. The van der Waals surface area contributed by atoms with Gasteiger partial charge in [-0.15, -0.1) is 0 Å². The molecular formula is C18H19ClN2O5. The van der Waals surface area contributed by atoms with Crippen molar-refractivity contribution in [3.8, 4) is 5.75 Å². The monoisotopic (exact) mass is 378 g/mol. The lowest BCUT2D eigenvalue weighted by Gasteiger charge is -2.16. The zero-order valence-electron chi connectivity index (χ0n) is 14.4. The average Bonchev–Trinajstić information content (AvgIpc) is 2.61. The summed E-state index contributed by atoms with van der Waals surface area (Å²) < 4.78 is 5.68. The first-order valence-electron chi connectivity index (χ1n) is 8.02. The van der Waals surface area contributed by atoms with Gasteiger partial charge in [-0.1, -0.05) is 16.8 Å². The summed E-state index contributed by atoms with van der Waals surface area (Å²) in [5.74, 6) is -1.21. The molecule has 26 heavy (non-hydrogen) atoms. The number of carbonyl (C=O) groups excluding carboxylic acids is 1. The van der Waals surface area contributed by atoms with Crippen LogP contribution in [0.15, 0.2) is 35.6 Å². The summed E-state index contributed by atoms with van der Waals surface area (Å²) in [5.41, 5.74) is 1.11. The predicted octanol–water partition coefficient (Wildman–Crippen LogP) is 3.83. The van der Waals surface area contributed by atoms with Gasteiger partial charge >= 0.3 is 11.9 Å². The van der Waals surface area contributed by atoms with Crippen LogP contribution >= 0.6 is 11.6 Å². The van der Waals surface area contributed by atoms with E-state index in [1.807, 2.05) is 0 Å². The molecule has 1 aromatic carbocycles. The fraction of sp³-hybridized carbons (Fsp3) is 0.333. The van der Waals surface area contributed by atoms with Gasteiger partial charge in [-0.2, -0.15) is 0 Å². The van der Waals surface area contributed by atoms with Gasteiger partial charge in [-0.25, -0.2) is 9.59 Å². The summed E-state index contributed by atoms with van der Waals surface area (Å²) in [6, 6.07) is 6.80. The molecule has 1 aromatic heterocycles. The minimum Gasteiger partial charge on any atom is -0.479 e. The third-order valence-corrected chi connectivity index (χ3v) is 3.89. The molecule has 1 unspecified atom stereocenters. The highest BCUT2D eigenvalue weighted by atomic mass is 35.5. The van der Waals surface area contributed by atoms with Crippen molar-refractivity contribution >= 4 is 40.2 Å². The van der Waals surface area contributed by atoms with Crippen LogP contribution in [0.25, 0.3) is 10.9 Å². The molecule has 0 aliphatic heterocycles. The largest absolute Gasteiger partial charge is 0.479 e. The number of halogens is 1. The topological polar surface area (TPSA) is 98.1 Å². The maximum atomic E-state index is 11.5. The van der Waals surface area contributed by atoms with Crippen LogP contribution in [0.4, 0.5) is 0 Å². The Labute approximate surface area is 155 Å². The van der Waals surface area contributed by atoms with E-state index in [-0.39, 0.29) is 6.42 Å². The summed E-state index contributed by atoms with van der Waals surface area (Å²) in [5, 5.41) is 14.3.